The SMILES string of the molecule is CCCCC1=[C]([Ti]([C]2=C(CCCC)C=CC2)=[Si](C)C)CC=C1.Cl.Cl. The first-order valence-corrected chi connectivity index (χ1v) is 15.5. The summed E-state index contributed by atoms with van der Waals surface area (Å²) in [6.45, 7) is 9.81. The zero-order valence-electron chi connectivity index (χ0n) is 15.8. The van der Waals surface area contributed by atoms with Gasteiger partial charge in [0, 0.05) is 0 Å². The first-order chi connectivity index (χ1) is 10.7. The fourth-order valence-corrected chi connectivity index (χ4v) is 15.9. The van der Waals surface area contributed by atoms with Gasteiger partial charge in [0.15, 0.2) is 0 Å². The first-order valence-electron chi connectivity index (χ1n) is 9.14. The van der Waals surface area contributed by atoms with E-state index in [9.17, 15) is 0 Å². The van der Waals surface area contributed by atoms with E-state index in [4.69, 9.17) is 0 Å². The normalized spacial score (nSPS) is 15.7. The molecule has 0 saturated carbocycles. The minimum atomic E-state index is -1.21. The second-order valence-corrected chi connectivity index (χ2v) is 18.6. The molecule has 0 aromatic rings. The van der Waals surface area contributed by atoms with Crippen LogP contribution in [0.5, 0.6) is 0 Å². The minimum Gasteiger partial charge on any atom is -0.147 e. The maximum Gasteiger partial charge on any atom is -0.147 e. The van der Waals surface area contributed by atoms with Crippen LogP contribution in [0.1, 0.15) is 65.2 Å². The molecule has 2 aliphatic rings. The smallest absolute Gasteiger partial charge is 0.147 e. The summed E-state index contributed by atoms with van der Waals surface area (Å²) >= 11 is -1.21. The summed E-state index contributed by atoms with van der Waals surface area (Å²) in [7, 11) is 0. The quantitative estimate of drug-likeness (QED) is 0.356. The van der Waals surface area contributed by atoms with Crippen molar-refractivity contribution < 1.29 is 16.6 Å². The molecule has 0 spiro atoms. The summed E-state index contributed by atoms with van der Waals surface area (Å²) in [4.78, 5) is 0. The predicted octanol–water partition coefficient (Wildman–Crippen LogP) is 7.51. The molecule has 0 aliphatic heterocycles. The van der Waals surface area contributed by atoms with E-state index in [-0.39, 0.29) is 31.0 Å². The van der Waals surface area contributed by atoms with Crippen LogP contribution in [-0.2, 0) is 16.6 Å². The summed E-state index contributed by atoms with van der Waals surface area (Å²) in [5.74, 6) is 0. The Kier molecular flexibility index (Phi) is 13.0. The predicted molar refractivity (Wildman–Crippen MR) is 113 cm³/mol. The second-order valence-electron chi connectivity index (χ2n) is 6.80. The van der Waals surface area contributed by atoms with Gasteiger partial charge in [0.2, 0.25) is 0 Å². The van der Waals surface area contributed by atoms with E-state index in [1.807, 2.05) is 7.76 Å². The number of allylic oxidation sites excluding steroid dienone is 8. The third-order valence-corrected chi connectivity index (χ3v) is 16.5. The summed E-state index contributed by atoms with van der Waals surface area (Å²) in [5.41, 5.74) is 3.49. The average molecular weight is 421 g/mol. The second kappa shape index (κ2) is 12.8. The molecule has 24 heavy (non-hydrogen) atoms. The molecule has 2 aliphatic carbocycles. The molecule has 0 saturated heterocycles. The van der Waals surface area contributed by atoms with Crippen LogP contribution in [0.15, 0.2) is 43.2 Å². The Hall–Kier alpha value is 0.471. The Balaban J connectivity index is 0.00000264. The van der Waals surface area contributed by atoms with Gasteiger partial charge in [0.25, 0.3) is 0 Å². The summed E-state index contributed by atoms with van der Waals surface area (Å²) in [6.07, 6.45) is 20.3. The van der Waals surface area contributed by atoms with Crippen LogP contribution >= 0.6 is 24.8 Å². The van der Waals surface area contributed by atoms with E-state index in [1.165, 1.54) is 51.4 Å². The molecule has 0 heterocycles. The van der Waals surface area contributed by atoms with E-state index < -0.39 is 16.6 Å². The van der Waals surface area contributed by atoms with Crippen LogP contribution < -0.4 is 0 Å². The van der Waals surface area contributed by atoms with E-state index in [0.717, 1.165) is 0 Å². The van der Waals surface area contributed by atoms with Crippen molar-refractivity contribution in [3.8, 4) is 0 Å². The van der Waals surface area contributed by atoms with Gasteiger partial charge in [-0.15, -0.1) is 24.8 Å². The Labute approximate surface area is 168 Å². The van der Waals surface area contributed by atoms with Gasteiger partial charge in [0.1, 0.15) is 0 Å². The van der Waals surface area contributed by atoms with E-state index in [2.05, 4.69) is 51.2 Å². The fourth-order valence-electron chi connectivity index (χ4n) is 3.62. The molecule has 136 valence electrons. The topological polar surface area (TPSA) is 0 Å². The van der Waals surface area contributed by atoms with Crippen molar-refractivity contribution in [2.75, 3.05) is 0 Å². The maximum absolute atomic E-state index is 2.59. The number of halogens is 2. The molecule has 0 N–H and O–H groups in total. The zero-order valence-corrected chi connectivity index (χ0v) is 20.0. The molecule has 0 bridgehead atoms. The van der Waals surface area contributed by atoms with Crippen molar-refractivity contribution in [1.29, 1.82) is 0 Å². The van der Waals surface area contributed by atoms with Crippen LogP contribution in [0.25, 0.3) is 0 Å². The molecule has 4 heteroatoms. The number of hydrogen-bond acceptors (Lipinski definition) is 0. The van der Waals surface area contributed by atoms with Crippen LogP contribution in [-0.4, -0.2) is 6.19 Å². The van der Waals surface area contributed by atoms with E-state index in [1.54, 1.807) is 11.1 Å². The van der Waals surface area contributed by atoms with Crippen molar-refractivity contribution in [2.45, 2.75) is 78.3 Å². The number of hydrogen-bond donors (Lipinski definition) is 0. The minimum absolute atomic E-state index is 0. The summed E-state index contributed by atoms with van der Waals surface area (Å²) in [5, 5.41) is 0. The van der Waals surface area contributed by atoms with Crippen LogP contribution in [0.2, 0.25) is 13.1 Å². The van der Waals surface area contributed by atoms with Crippen molar-refractivity contribution in [2.24, 2.45) is 0 Å². The van der Waals surface area contributed by atoms with Gasteiger partial charge in [-0.3, -0.25) is 0 Å². The summed E-state index contributed by atoms with van der Waals surface area (Å²) < 4.78 is 3.89. The van der Waals surface area contributed by atoms with Crippen LogP contribution in [0, 0.1) is 0 Å². The van der Waals surface area contributed by atoms with E-state index in [0.29, 0.717) is 0 Å². The standard InChI is InChI=1S/2C9H13.C2H6Si.2ClH.Ti/c2*1-2-3-6-9-7-4-5-8-9;1-3-2;;;/h2*4,7H,2-3,5-6H2,1H3;1-2H3;2*1H;. The molecule has 0 unspecified atom stereocenters. The number of unbranched alkanes of at least 4 members (excludes halogenated alkanes) is 2. The fraction of sp³-hybridized carbons (Fsp3) is 0.600. The van der Waals surface area contributed by atoms with Crippen molar-refractivity contribution >= 4 is 31.0 Å². The van der Waals surface area contributed by atoms with Crippen molar-refractivity contribution in [3.05, 3.63) is 43.2 Å². The van der Waals surface area contributed by atoms with E-state index >= 15 is 0 Å². The Morgan fingerprint density at radius 3 is 1.58 bits per heavy atom. The molecular formula is C20H34Cl2SiTi. The van der Waals surface area contributed by atoms with Gasteiger partial charge in [0.05, 0.1) is 0 Å². The monoisotopic (exact) mass is 420 g/mol. The third-order valence-electron chi connectivity index (χ3n) is 4.76. The van der Waals surface area contributed by atoms with Crippen LogP contribution in [0.4, 0.5) is 0 Å². The van der Waals surface area contributed by atoms with Gasteiger partial charge in [-0.25, -0.2) is 0 Å². The molecule has 0 atom stereocenters. The van der Waals surface area contributed by atoms with Gasteiger partial charge in [-0.05, 0) is 0 Å². The van der Waals surface area contributed by atoms with Gasteiger partial charge in [-0.1, -0.05) is 0 Å². The van der Waals surface area contributed by atoms with Crippen LogP contribution in [0.3, 0.4) is 0 Å². The molecule has 0 fully saturated rings. The molecule has 0 nitrogen and oxygen atoms in total. The van der Waals surface area contributed by atoms with Gasteiger partial charge in [-0.2, -0.15) is 0 Å². The van der Waals surface area contributed by atoms with Crippen molar-refractivity contribution in [3.63, 3.8) is 0 Å². The van der Waals surface area contributed by atoms with Gasteiger partial charge >= 0.3 is 144 Å². The average Bonchev–Trinajstić information content (AvgIpc) is 3.13. The maximum atomic E-state index is 2.59. The molecule has 0 aromatic heterocycles. The first kappa shape index (κ1) is 24.5. The molecule has 0 radical (unpaired) electrons. The molecule has 0 amide bonds. The molecular weight excluding hydrogens is 387 g/mol. The number of rotatable bonds is 8. The molecule has 2 rings (SSSR count). The Morgan fingerprint density at radius 2 is 1.25 bits per heavy atom. The third kappa shape index (κ3) is 6.32. The van der Waals surface area contributed by atoms with Gasteiger partial charge < -0.3 is 0 Å². The Bertz CT molecular complexity index is 520. The summed E-state index contributed by atoms with van der Waals surface area (Å²) in [6, 6.07) is 0. The largest absolute Gasteiger partial charge is 0.147 e. The van der Waals surface area contributed by atoms with Crippen molar-refractivity contribution in [1.82, 2.24) is 0 Å². The zero-order chi connectivity index (χ0) is 15.9. The Morgan fingerprint density at radius 1 is 0.833 bits per heavy atom. The molecule has 0 aromatic carbocycles.